The highest BCUT2D eigenvalue weighted by atomic mass is 16.5. The molecule has 0 bridgehead atoms. The van der Waals surface area contributed by atoms with Crippen molar-refractivity contribution in [2.45, 2.75) is 44.2 Å². The van der Waals surface area contributed by atoms with Gasteiger partial charge in [-0.15, -0.1) is 0 Å². The van der Waals surface area contributed by atoms with Gasteiger partial charge in [0.15, 0.2) is 0 Å². The maximum absolute atomic E-state index is 12.3. The Morgan fingerprint density at radius 2 is 2.17 bits per heavy atom. The van der Waals surface area contributed by atoms with E-state index in [-0.39, 0.29) is 18.6 Å². The smallest absolute Gasteiger partial charge is 0.407 e. The zero-order chi connectivity index (χ0) is 13.2. The van der Waals surface area contributed by atoms with E-state index in [1.54, 1.807) is 6.92 Å². The van der Waals surface area contributed by atoms with Gasteiger partial charge in [0.2, 0.25) is 5.91 Å². The maximum Gasteiger partial charge on any atom is 0.407 e. The van der Waals surface area contributed by atoms with E-state index in [0.717, 1.165) is 12.8 Å². The molecule has 0 aromatic heterocycles. The van der Waals surface area contributed by atoms with Gasteiger partial charge in [-0.2, -0.15) is 5.26 Å². The van der Waals surface area contributed by atoms with E-state index in [2.05, 4.69) is 11.4 Å². The van der Waals surface area contributed by atoms with Crippen molar-refractivity contribution in [2.75, 3.05) is 13.2 Å². The summed E-state index contributed by atoms with van der Waals surface area (Å²) in [7, 11) is 0. The fourth-order valence-electron chi connectivity index (χ4n) is 2.48. The maximum atomic E-state index is 12.3. The highest BCUT2D eigenvalue weighted by Crippen LogP contribution is 2.34. The number of hydrogen-bond donors (Lipinski definition) is 1. The first-order valence-electron chi connectivity index (χ1n) is 6.28. The molecular weight excluding hydrogens is 234 g/mol. The lowest BCUT2D eigenvalue weighted by Crippen LogP contribution is -2.55. The fraction of sp³-hybridized carbons (Fsp3) is 0.750. The van der Waals surface area contributed by atoms with Gasteiger partial charge < -0.3 is 15.0 Å². The predicted molar refractivity (Wildman–Crippen MR) is 62.5 cm³/mol. The van der Waals surface area contributed by atoms with Crippen molar-refractivity contribution in [1.82, 2.24) is 10.2 Å². The topological polar surface area (TPSA) is 82.2 Å². The van der Waals surface area contributed by atoms with Crippen LogP contribution in [-0.4, -0.2) is 41.6 Å². The standard InChI is InChI=1S/C12H17N3O3/c1-2-18-11(17)14-12(5-3-4-6-12)10(16)15-8-9(15)7-13/h9H,2-6,8H2,1H3,(H,14,17). The van der Waals surface area contributed by atoms with E-state index >= 15 is 0 Å². The third-order valence-corrected chi connectivity index (χ3v) is 3.51. The second-order valence-electron chi connectivity index (χ2n) is 4.74. The molecule has 1 heterocycles. The molecule has 1 N–H and O–H groups in total. The van der Waals surface area contributed by atoms with E-state index in [4.69, 9.17) is 10.00 Å². The first-order chi connectivity index (χ1) is 8.63. The van der Waals surface area contributed by atoms with Crippen molar-refractivity contribution in [2.24, 2.45) is 0 Å². The van der Waals surface area contributed by atoms with Crippen molar-refractivity contribution in [3.05, 3.63) is 0 Å². The largest absolute Gasteiger partial charge is 0.450 e. The van der Waals surface area contributed by atoms with Crippen LogP contribution in [0.2, 0.25) is 0 Å². The van der Waals surface area contributed by atoms with Crippen LogP contribution in [0.15, 0.2) is 0 Å². The van der Waals surface area contributed by atoms with Crippen LogP contribution in [0.4, 0.5) is 4.79 Å². The number of carbonyl (C=O) groups is 2. The summed E-state index contributed by atoms with van der Waals surface area (Å²) in [5.74, 6) is -0.139. The molecule has 2 amide bonds. The SMILES string of the molecule is CCOC(=O)NC1(C(=O)N2CC2C#N)CCCC1. The highest BCUT2D eigenvalue weighted by molar-refractivity contribution is 5.92. The molecule has 1 atom stereocenters. The molecule has 1 saturated heterocycles. The second-order valence-corrected chi connectivity index (χ2v) is 4.74. The number of nitrogens with zero attached hydrogens (tertiary/aromatic N) is 2. The lowest BCUT2D eigenvalue weighted by Gasteiger charge is -2.28. The minimum Gasteiger partial charge on any atom is -0.450 e. The summed E-state index contributed by atoms with van der Waals surface area (Å²) in [5.41, 5.74) is -0.849. The van der Waals surface area contributed by atoms with Crippen LogP contribution < -0.4 is 5.32 Å². The summed E-state index contributed by atoms with van der Waals surface area (Å²) in [4.78, 5) is 25.4. The van der Waals surface area contributed by atoms with Crippen molar-refractivity contribution >= 4 is 12.0 Å². The molecule has 1 aliphatic heterocycles. The van der Waals surface area contributed by atoms with Crippen LogP contribution in [-0.2, 0) is 9.53 Å². The summed E-state index contributed by atoms with van der Waals surface area (Å²) in [6, 6.07) is 1.73. The molecule has 0 aromatic carbocycles. The Morgan fingerprint density at radius 3 is 2.67 bits per heavy atom. The van der Waals surface area contributed by atoms with E-state index < -0.39 is 11.6 Å². The minimum absolute atomic E-state index is 0.139. The molecule has 98 valence electrons. The van der Waals surface area contributed by atoms with E-state index in [1.807, 2.05) is 0 Å². The van der Waals surface area contributed by atoms with Crippen molar-refractivity contribution in [3.63, 3.8) is 0 Å². The Labute approximate surface area is 106 Å². The number of nitriles is 1. The molecule has 6 heteroatoms. The Hall–Kier alpha value is -1.77. The molecule has 1 aliphatic carbocycles. The average molecular weight is 251 g/mol. The van der Waals surface area contributed by atoms with Crippen LogP contribution >= 0.6 is 0 Å². The molecule has 2 rings (SSSR count). The number of hydrogen-bond acceptors (Lipinski definition) is 4. The van der Waals surface area contributed by atoms with Crippen molar-refractivity contribution < 1.29 is 14.3 Å². The van der Waals surface area contributed by atoms with Crippen LogP contribution in [0.1, 0.15) is 32.6 Å². The molecule has 0 spiro atoms. The van der Waals surface area contributed by atoms with E-state index in [1.165, 1.54) is 4.90 Å². The van der Waals surface area contributed by atoms with Crippen LogP contribution in [0.25, 0.3) is 0 Å². The second kappa shape index (κ2) is 4.84. The van der Waals surface area contributed by atoms with Gasteiger partial charge in [0.05, 0.1) is 19.2 Å². The van der Waals surface area contributed by atoms with Crippen LogP contribution in [0.3, 0.4) is 0 Å². The summed E-state index contributed by atoms with van der Waals surface area (Å²) < 4.78 is 4.85. The number of nitrogens with one attached hydrogen (secondary N) is 1. The van der Waals surface area contributed by atoms with Crippen LogP contribution in [0, 0.1) is 11.3 Å². The van der Waals surface area contributed by atoms with E-state index in [9.17, 15) is 9.59 Å². The van der Waals surface area contributed by atoms with Gasteiger partial charge in [-0.25, -0.2) is 4.79 Å². The first kappa shape index (κ1) is 12.7. The Kier molecular flexibility index (Phi) is 3.41. The number of carbonyl (C=O) groups excluding carboxylic acids is 2. The summed E-state index contributed by atoms with van der Waals surface area (Å²) in [6.07, 6.45) is 2.51. The molecule has 2 aliphatic rings. The van der Waals surface area contributed by atoms with Gasteiger partial charge in [-0.05, 0) is 19.8 Å². The third-order valence-electron chi connectivity index (χ3n) is 3.51. The lowest BCUT2D eigenvalue weighted by molar-refractivity contribution is -0.132. The molecule has 0 aromatic rings. The first-order valence-corrected chi connectivity index (χ1v) is 6.28. The predicted octanol–water partition coefficient (Wildman–Crippen LogP) is 0.780. The molecule has 2 fully saturated rings. The zero-order valence-electron chi connectivity index (χ0n) is 10.4. The normalized spacial score (nSPS) is 24.2. The van der Waals surface area contributed by atoms with Gasteiger partial charge >= 0.3 is 6.09 Å². The van der Waals surface area contributed by atoms with Crippen molar-refractivity contribution in [3.8, 4) is 6.07 Å². The highest BCUT2D eigenvalue weighted by Gasteiger charge is 2.51. The number of alkyl carbamates (subject to hydrolysis) is 1. The van der Waals surface area contributed by atoms with Crippen LogP contribution in [0.5, 0.6) is 0 Å². The fourth-order valence-corrected chi connectivity index (χ4v) is 2.48. The Balaban J connectivity index is 2.05. The van der Waals surface area contributed by atoms with E-state index in [0.29, 0.717) is 19.4 Å². The number of amides is 2. The summed E-state index contributed by atoms with van der Waals surface area (Å²) >= 11 is 0. The minimum atomic E-state index is -0.849. The number of rotatable bonds is 3. The molecular formula is C12H17N3O3. The van der Waals surface area contributed by atoms with Gasteiger partial charge in [0, 0.05) is 0 Å². The summed E-state index contributed by atoms with van der Waals surface area (Å²) in [5, 5.41) is 11.5. The van der Waals surface area contributed by atoms with Gasteiger partial charge in [0.25, 0.3) is 0 Å². The lowest BCUT2D eigenvalue weighted by atomic mass is 9.96. The van der Waals surface area contributed by atoms with Gasteiger partial charge in [-0.1, -0.05) is 12.8 Å². The Morgan fingerprint density at radius 1 is 1.50 bits per heavy atom. The zero-order valence-corrected chi connectivity index (χ0v) is 10.4. The summed E-state index contributed by atoms with van der Waals surface area (Å²) in [6.45, 7) is 2.47. The van der Waals surface area contributed by atoms with Gasteiger partial charge in [-0.3, -0.25) is 4.79 Å². The monoisotopic (exact) mass is 251 g/mol. The molecule has 0 radical (unpaired) electrons. The third kappa shape index (κ3) is 2.26. The van der Waals surface area contributed by atoms with Gasteiger partial charge in [0.1, 0.15) is 11.6 Å². The molecule has 1 unspecified atom stereocenters. The molecule has 1 saturated carbocycles. The molecule has 6 nitrogen and oxygen atoms in total. The van der Waals surface area contributed by atoms with Crippen molar-refractivity contribution in [1.29, 1.82) is 5.26 Å². The Bertz CT molecular complexity index is 396. The molecule has 18 heavy (non-hydrogen) atoms. The number of ether oxygens (including phenoxy) is 1. The quantitative estimate of drug-likeness (QED) is 0.751. The average Bonchev–Trinajstić information content (AvgIpc) is 3.00.